The lowest BCUT2D eigenvalue weighted by Gasteiger charge is -2.22. The average Bonchev–Trinajstić information content (AvgIpc) is 3.10. The molecule has 3 fully saturated rings. The summed E-state index contributed by atoms with van der Waals surface area (Å²) in [7, 11) is 0. The molecular weight excluding hydrogens is 250 g/mol. The minimum Gasteiger partial charge on any atom is -0.375 e. The number of ether oxygens (including phenoxy) is 1. The molecule has 1 heterocycles. The van der Waals surface area contributed by atoms with Gasteiger partial charge in [-0.2, -0.15) is 0 Å². The van der Waals surface area contributed by atoms with Crippen LogP contribution in [0.2, 0.25) is 0 Å². The monoisotopic (exact) mass is 279 g/mol. The first-order valence-corrected chi connectivity index (χ1v) is 7.83. The summed E-state index contributed by atoms with van der Waals surface area (Å²) in [5.41, 5.74) is 0.601. The van der Waals surface area contributed by atoms with E-state index in [-0.39, 0.29) is 11.5 Å². The van der Waals surface area contributed by atoms with Crippen LogP contribution in [0, 0.1) is 17.3 Å². The van der Waals surface area contributed by atoms with Crippen molar-refractivity contribution in [2.24, 2.45) is 17.3 Å². The Morgan fingerprint density at radius 1 is 1.30 bits per heavy atom. The fraction of sp³-hybridized carbons (Fsp3) is 0.824. The highest BCUT2D eigenvalue weighted by Crippen LogP contribution is 2.61. The van der Waals surface area contributed by atoms with Crippen molar-refractivity contribution in [3.63, 3.8) is 0 Å². The maximum atomic E-state index is 12.0. The van der Waals surface area contributed by atoms with Gasteiger partial charge < -0.3 is 9.64 Å². The Hall–Kier alpha value is -0.830. The topological polar surface area (TPSA) is 29.5 Å². The fourth-order valence-corrected chi connectivity index (χ4v) is 3.20. The molecule has 0 spiro atoms. The summed E-state index contributed by atoms with van der Waals surface area (Å²) in [6, 6.07) is 0. The lowest BCUT2D eigenvalue weighted by atomic mass is 10.1. The number of hydrogen-bond donors (Lipinski definition) is 0. The quantitative estimate of drug-likeness (QED) is 0.739. The molecule has 2 saturated carbocycles. The van der Waals surface area contributed by atoms with Crippen LogP contribution in [-0.4, -0.2) is 36.1 Å². The van der Waals surface area contributed by atoms with Gasteiger partial charge in [-0.3, -0.25) is 4.79 Å². The first-order chi connectivity index (χ1) is 9.34. The minimum absolute atomic E-state index is 0.107. The molecule has 2 atom stereocenters. The van der Waals surface area contributed by atoms with Gasteiger partial charge in [0.05, 0.1) is 18.6 Å². The van der Waals surface area contributed by atoms with E-state index in [0.29, 0.717) is 18.4 Å². The summed E-state index contributed by atoms with van der Waals surface area (Å²) in [6.07, 6.45) is 4.63. The second-order valence-electron chi connectivity index (χ2n) is 7.29. The third kappa shape index (κ3) is 3.25. The van der Waals surface area contributed by atoms with Crippen molar-refractivity contribution in [1.82, 2.24) is 4.90 Å². The molecule has 1 aliphatic heterocycles. The van der Waals surface area contributed by atoms with Gasteiger partial charge >= 0.3 is 0 Å². The van der Waals surface area contributed by atoms with Crippen LogP contribution in [0.4, 0.5) is 0 Å². The van der Waals surface area contributed by atoms with Crippen molar-refractivity contribution in [3.8, 4) is 0 Å². The molecule has 2 aliphatic carbocycles. The lowest BCUT2D eigenvalue weighted by Crippen LogP contribution is -2.33. The lowest BCUT2D eigenvalue weighted by molar-refractivity contribution is -0.132. The molecule has 2 unspecified atom stereocenters. The zero-order chi connectivity index (χ0) is 15.0. The van der Waals surface area contributed by atoms with E-state index in [2.05, 4.69) is 27.4 Å². The maximum absolute atomic E-state index is 12.0. The first kappa shape index (κ1) is 15.6. The van der Waals surface area contributed by atoms with Gasteiger partial charge in [-0.15, -0.1) is 6.58 Å². The molecule has 1 saturated heterocycles. The fourth-order valence-electron chi connectivity index (χ4n) is 3.20. The van der Waals surface area contributed by atoms with Crippen LogP contribution in [0.25, 0.3) is 0 Å². The molecule has 114 valence electrons. The van der Waals surface area contributed by atoms with Crippen molar-refractivity contribution >= 4 is 5.91 Å². The van der Waals surface area contributed by atoms with E-state index in [0.717, 1.165) is 37.8 Å². The Labute approximate surface area is 123 Å². The zero-order valence-corrected chi connectivity index (χ0v) is 13.4. The van der Waals surface area contributed by atoms with Crippen molar-refractivity contribution in [2.75, 3.05) is 19.7 Å². The first-order valence-electron chi connectivity index (χ1n) is 7.83. The number of likely N-dealkylation sites (tertiary alicyclic amines) is 1. The van der Waals surface area contributed by atoms with Gasteiger partial charge in [0.2, 0.25) is 5.91 Å². The number of nitrogens with zero attached hydrogens (tertiary/aromatic N) is 1. The minimum atomic E-state index is 0.107. The van der Waals surface area contributed by atoms with Crippen molar-refractivity contribution < 1.29 is 9.53 Å². The summed E-state index contributed by atoms with van der Waals surface area (Å²) in [5, 5.41) is 0. The van der Waals surface area contributed by atoms with Crippen LogP contribution in [0.1, 0.15) is 47.0 Å². The van der Waals surface area contributed by atoms with Gasteiger partial charge in [-0.25, -0.2) is 0 Å². The Morgan fingerprint density at radius 3 is 2.25 bits per heavy atom. The Balaban J connectivity index is 0.000000452. The molecule has 0 radical (unpaired) electrons. The number of fused-ring (bicyclic) bond motifs is 1. The smallest absolute Gasteiger partial charge is 0.224 e. The number of hydrogen-bond acceptors (Lipinski definition) is 2. The summed E-state index contributed by atoms with van der Waals surface area (Å²) in [6.45, 7) is 14.6. The van der Waals surface area contributed by atoms with Crippen LogP contribution in [0.3, 0.4) is 0 Å². The normalized spacial score (nSPS) is 30.9. The van der Waals surface area contributed by atoms with Crippen molar-refractivity contribution in [2.45, 2.75) is 52.6 Å². The maximum Gasteiger partial charge on any atom is 0.224 e. The molecule has 0 N–H and O–H groups in total. The van der Waals surface area contributed by atoms with Gasteiger partial charge in [-0.05, 0) is 43.9 Å². The molecule has 3 aliphatic rings. The highest BCUT2D eigenvalue weighted by molar-refractivity contribution is 5.77. The van der Waals surface area contributed by atoms with E-state index in [1.807, 2.05) is 11.8 Å². The second-order valence-corrected chi connectivity index (χ2v) is 7.29. The number of carbonyl (C=O) groups excluding carboxylic acids is 1. The predicted molar refractivity (Wildman–Crippen MR) is 81.4 cm³/mol. The summed E-state index contributed by atoms with van der Waals surface area (Å²) in [4.78, 5) is 14.0. The van der Waals surface area contributed by atoms with E-state index in [9.17, 15) is 4.79 Å². The molecule has 0 aromatic heterocycles. The van der Waals surface area contributed by atoms with E-state index in [1.54, 1.807) is 6.08 Å². The largest absolute Gasteiger partial charge is 0.375 e. The zero-order valence-electron chi connectivity index (χ0n) is 13.4. The average molecular weight is 279 g/mol. The van der Waals surface area contributed by atoms with Crippen LogP contribution >= 0.6 is 0 Å². The molecule has 0 aromatic rings. The van der Waals surface area contributed by atoms with E-state index in [4.69, 9.17) is 4.74 Å². The highest BCUT2D eigenvalue weighted by atomic mass is 16.5. The Bertz CT molecular complexity index is 370. The predicted octanol–water partition coefficient (Wildman–Crippen LogP) is 3.25. The summed E-state index contributed by atoms with van der Waals surface area (Å²) >= 11 is 0. The van der Waals surface area contributed by atoms with E-state index in [1.165, 1.54) is 0 Å². The van der Waals surface area contributed by atoms with Gasteiger partial charge in [0, 0.05) is 13.1 Å². The molecule has 3 rings (SSSR count). The van der Waals surface area contributed by atoms with Gasteiger partial charge in [0.15, 0.2) is 0 Å². The molecule has 3 heteroatoms. The van der Waals surface area contributed by atoms with Crippen LogP contribution in [-0.2, 0) is 9.53 Å². The Morgan fingerprint density at radius 2 is 1.80 bits per heavy atom. The number of carbonyl (C=O) groups is 1. The molecule has 0 aromatic carbocycles. The molecule has 20 heavy (non-hydrogen) atoms. The number of piperidine rings is 1. The van der Waals surface area contributed by atoms with E-state index < -0.39 is 0 Å². The SMILES string of the molecule is C=CC.CC1(OCCC(=O)N2CC3C(C2)C3(C)C)CC1. The number of allylic oxidation sites excluding steroid dienone is 1. The summed E-state index contributed by atoms with van der Waals surface area (Å²) < 4.78 is 5.70. The molecule has 1 amide bonds. The van der Waals surface area contributed by atoms with Gasteiger partial charge in [-0.1, -0.05) is 19.9 Å². The van der Waals surface area contributed by atoms with Crippen molar-refractivity contribution in [3.05, 3.63) is 12.7 Å². The van der Waals surface area contributed by atoms with Gasteiger partial charge in [0.1, 0.15) is 0 Å². The third-order valence-corrected chi connectivity index (χ3v) is 5.20. The number of amides is 1. The van der Waals surface area contributed by atoms with Crippen molar-refractivity contribution in [1.29, 1.82) is 0 Å². The second kappa shape index (κ2) is 5.51. The molecular formula is C17H29NO2. The number of rotatable bonds is 4. The van der Waals surface area contributed by atoms with Crippen LogP contribution < -0.4 is 0 Å². The van der Waals surface area contributed by atoms with Crippen LogP contribution in [0.5, 0.6) is 0 Å². The summed E-state index contributed by atoms with van der Waals surface area (Å²) in [5.74, 6) is 1.80. The van der Waals surface area contributed by atoms with Gasteiger partial charge in [0.25, 0.3) is 0 Å². The third-order valence-electron chi connectivity index (χ3n) is 5.20. The molecule has 3 nitrogen and oxygen atoms in total. The van der Waals surface area contributed by atoms with Crippen LogP contribution in [0.15, 0.2) is 12.7 Å². The van der Waals surface area contributed by atoms with E-state index >= 15 is 0 Å². The Kier molecular flexibility index (Phi) is 4.29. The standard InChI is InChI=1S/C14H23NO2.C3H6/c1-13(2)10-8-15(9-11(10)13)12(16)4-7-17-14(3)5-6-14;1-3-2/h10-11H,4-9H2,1-3H3;3H,1H2,2H3. The highest BCUT2D eigenvalue weighted by Gasteiger charge is 2.62. The molecule has 0 bridgehead atoms.